The number of benzene rings is 2. The molecule has 0 bridgehead atoms. The maximum absolute atomic E-state index is 11.8. The highest BCUT2D eigenvalue weighted by Gasteiger charge is 2.05. The van der Waals surface area contributed by atoms with Gasteiger partial charge in [0.15, 0.2) is 6.61 Å². The summed E-state index contributed by atoms with van der Waals surface area (Å²) < 4.78 is 10.6. The Bertz CT molecular complexity index is 787. The summed E-state index contributed by atoms with van der Waals surface area (Å²) in [5.41, 5.74) is 1.75. The fraction of sp³-hybridized carbons (Fsp3) is 0.118. The number of aromatic nitrogens is 2. The predicted molar refractivity (Wildman–Crippen MR) is 88.5 cm³/mol. The summed E-state index contributed by atoms with van der Waals surface area (Å²) in [7, 11) is 0. The van der Waals surface area contributed by atoms with Crippen molar-refractivity contribution in [2.24, 2.45) is 0 Å². The van der Waals surface area contributed by atoms with Gasteiger partial charge < -0.3 is 14.5 Å². The molecule has 1 heterocycles. The van der Waals surface area contributed by atoms with Gasteiger partial charge in [0, 0.05) is 17.1 Å². The lowest BCUT2D eigenvalue weighted by Crippen LogP contribution is -2.28. The normalized spacial score (nSPS) is 10.4. The molecule has 0 saturated heterocycles. The number of rotatable bonds is 6. The summed E-state index contributed by atoms with van der Waals surface area (Å²) in [4.78, 5) is 11.8. The van der Waals surface area contributed by atoms with E-state index in [4.69, 9.17) is 20.8 Å². The van der Waals surface area contributed by atoms with Crippen molar-refractivity contribution in [1.82, 2.24) is 15.5 Å². The number of halogens is 1. The van der Waals surface area contributed by atoms with Gasteiger partial charge in [-0.1, -0.05) is 23.7 Å². The maximum atomic E-state index is 11.8. The van der Waals surface area contributed by atoms with Crippen LogP contribution in [0.2, 0.25) is 5.02 Å². The van der Waals surface area contributed by atoms with Gasteiger partial charge in [-0.05, 0) is 42.0 Å². The van der Waals surface area contributed by atoms with Crippen LogP contribution in [0.15, 0.2) is 59.3 Å². The fourth-order valence-electron chi connectivity index (χ4n) is 2.00. The van der Waals surface area contributed by atoms with E-state index < -0.39 is 0 Å². The summed E-state index contributed by atoms with van der Waals surface area (Å²) in [5.74, 6) is 0.813. The predicted octanol–water partition coefficient (Wildman–Crippen LogP) is 3.09. The van der Waals surface area contributed by atoms with Gasteiger partial charge in [0.25, 0.3) is 5.91 Å². The average Bonchev–Trinajstić information content (AvgIpc) is 3.14. The lowest BCUT2D eigenvalue weighted by Gasteiger charge is -2.08. The van der Waals surface area contributed by atoms with E-state index in [9.17, 15) is 4.79 Å². The first-order chi connectivity index (χ1) is 11.7. The second kappa shape index (κ2) is 7.61. The molecule has 0 aliphatic heterocycles. The van der Waals surface area contributed by atoms with Gasteiger partial charge in [-0.3, -0.25) is 4.79 Å². The molecular formula is C17H14ClN3O3. The highest BCUT2D eigenvalue weighted by Crippen LogP contribution is 2.20. The molecule has 24 heavy (non-hydrogen) atoms. The van der Waals surface area contributed by atoms with Crippen LogP contribution in [-0.2, 0) is 11.3 Å². The number of carbonyl (C=O) groups excluding carboxylic acids is 1. The molecule has 0 aliphatic carbocycles. The molecule has 1 amide bonds. The number of nitrogens with one attached hydrogen (secondary N) is 1. The van der Waals surface area contributed by atoms with E-state index in [1.165, 1.54) is 6.39 Å². The molecule has 0 aliphatic rings. The van der Waals surface area contributed by atoms with Gasteiger partial charge in [-0.25, -0.2) is 0 Å². The Morgan fingerprint density at radius 3 is 2.54 bits per heavy atom. The Labute approximate surface area is 143 Å². The first-order valence-corrected chi connectivity index (χ1v) is 7.59. The van der Waals surface area contributed by atoms with E-state index in [0.29, 0.717) is 23.2 Å². The van der Waals surface area contributed by atoms with Crippen LogP contribution in [0.1, 0.15) is 5.56 Å². The largest absolute Gasteiger partial charge is 0.484 e. The summed E-state index contributed by atoms with van der Waals surface area (Å²) in [6.07, 6.45) is 1.27. The Kier molecular flexibility index (Phi) is 5.08. The topological polar surface area (TPSA) is 77.2 Å². The van der Waals surface area contributed by atoms with E-state index in [-0.39, 0.29) is 12.5 Å². The van der Waals surface area contributed by atoms with Crippen molar-refractivity contribution in [2.45, 2.75) is 6.54 Å². The zero-order valence-electron chi connectivity index (χ0n) is 12.6. The molecule has 0 atom stereocenters. The Morgan fingerprint density at radius 1 is 1.12 bits per heavy atom. The SMILES string of the molecule is O=C(COc1ccc(-c2nnco2)cc1)NCc1ccc(Cl)cc1. The van der Waals surface area contributed by atoms with E-state index in [0.717, 1.165) is 11.1 Å². The van der Waals surface area contributed by atoms with Gasteiger partial charge in [-0.2, -0.15) is 0 Å². The van der Waals surface area contributed by atoms with Gasteiger partial charge in [0.2, 0.25) is 12.3 Å². The minimum absolute atomic E-state index is 0.0620. The molecule has 1 aromatic heterocycles. The Morgan fingerprint density at radius 2 is 1.88 bits per heavy atom. The maximum Gasteiger partial charge on any atom is 0.258 e. The molecule has 2 aromatic carbocycles. The zero-order chi connectivity index (χ0) is 16.8. The molecule has 0 radical (unpaired) electrons. The number of hydrogen-bond donors (Lipinski definition) is 1. The van der Waals surface area contributed by atoms with Crippen LogP contribution in [0.3, 0.4) is 0 Å². The highest BCUT2D eigenvalue weighted by molar-refractivity contribution is 6.30. The van der Waals surface area contributed by atoms with Crippen LogP contribution in [0, 0.1) is 0 Å². The van der Waals surface area contributed by atoms with Gasteiger partial charge >= 0.3 is 0 Å². The third-order valence-corrected chi connectivity index (χ3v) is 3.49. The van der Waals surface area contributed by atoms with Crippen LogP contribution < -0.4 is 10.1 Å². The van der Waals surface area contributed by atoms with Crippen molar-refractivity contribution in [3.05, 3.63) is 65.5 Å². The van der Waals surface area contributed by atoms with E-state index in [2.05, 4.69) is 15.5 Å². The standard InChI is InChI=1S/C17H14ClN3O3/c18-14-5-1-12(2-6-14)9-19-16(22)10-23-15-7-3-13(4-8-15)17-21-20-11-24-17/h1-8,11H,9-10H2,(H,19,22). The van der Waals surface area contributed by atoms with Gasteiger partial charge in [0.1, 0.15) is 5.75 Å². The smallest absolute Gasteiger partial charge is 0.258 e. The number of amides is 1. The molecular weight excluding hydrogens is 330 g/mol. The third-order valence-electron chi connectivity index (χ3n) is 3.23. The van der Waals surface area contributed by atoms with Crippen molar-refractivity contribution in [3.63, 3.8) is 0 Å². The van der Waals surface area contributed by atoms with Crippen LogP contribution in [-0.4, -0.2) is 22.7 Å². The zero-order valence-corrected chi connectivity index (χ0v) is 13.4. The lowest BCUT2D eigenvalue weighted by molar-refractivity contribution is -0.123. The Balaban J connectivity index is 1.46. The quantitative estimate of drug-likeness (QED) is 0.744. The van der Waals surface area contributed by atoms with Gasteiger partial charge in [0.05, 0.1) is 0 Å². The third kappa shape index (κ3) is 4.33. The minimum Gasteiger partial charge on any atom is -0.484 e. The van der Waals surface area contributed by atoms with Crippen LogP contribution >= 0.6 is 11.6 Å². The Hall–Kier alpha value is -2.86. The molecule has 0 spiro atoms. The molecule has 0 unspecified atom stereocenters. The van der Waals surface area contributed by atoms with E-state index in [1.54, 1.807) is 36.4 Å². The van der Waals surface area contributed by atoms with Crippen molar-refractivity contribution in [2.75, 3.05) is 6.61 Å². The molecule has 3 aromatic rings. The first-order valence-electron chi connectivity index (χ1n) is 7.21. The summed E-state index contributed by atoms with van der Waals surface area (Å²) in [5, 5.41) is 10.9. The van der Waals surface area contributed by atoms with Gasteiger partial charge in [-0.15, -0.1) is 10.2 Å². The highest BCUT2D eigenvalue weighted by atomic mass is 35.5. The minimum atomic E-state index is -0.203. The molecule has 0 fully saturated rings. The molecule has 122 valence electrons. The number of hydrogen-bond acceptors (Lipinski definition) is 5. The second-order valence-electron chi connectivity index (χ2n) is 4.96. The van der Waals surface area contributed by atoms with Crippen LogP contribution in [0.5, 0.6) is 5.75 Å². The van der Waals surface area contributed by atoms with Crippen molar-refractivity contribution >= 4 is 17.5 Å². The molecule has 3 rings (SSSR count). The number of nitrogens with zero attached hydrogens (tertiary/aromatic N) is 2. The van der Waals surface area contributed by atoms with Crippen LogP contribution in [0.4, 0.5) is 0 Å². The van der Waals surface area contributed by atoms with E-state index in [1.807, 2.05) is 12.1 Å². The van der Waals surface area contributed by atoms with Crippen molar-refractivity contribution in [1.29, 1.82) is 0 Å². The summed E-state index contributed by atoms with van der Waals surface area (Å²) in [6.45, 7) is 0.364. The summed E-state index contributed by atoms with van der Waals surface area (Å²) >= 11 is 5.82. The molecule has 7 heteroatoms. The fourth-order valence-corrected chi connectivity index (χ4v) is 2.12. The van der Waals surface area contributed by atoms with Crippen molar-refractivity contribution in [3.8, 4) is 17.2 Å². The first kappa shape index (κ1) is 16.0. The van der Waals surface area contributed by atoms with Crippen molar-refractivity contribution < 1.29 is 13.9 Å². The second-order valence-corrected chi connectivity index (χ2v) is 5.40. The van der Waals surface area contributed by atoms with E-state index >= 15 is 0 Å². The molecule has 1 N–H and O–H groups in total. The number of ether oxygens (including phenoxy) is 1. The summed E-state index contributed by atoms with van der Waals surface area (Å²) in [6, 6.07) is 14.3. The molecule has 6 nitrogen and oxygen atoms in total. The monoisotopic (exact) mass is 343 g/mol. The lowest BCUT2D eigenvalue weighted by atomic mass is 10.2. The van der Waals surface area contributed by atoms with Crippen LogP contribution in [0.25, 0.3) is 11.5 Å². The molecule has 0 saturated carbocycles. The number of carbonyl (C=O) groups is 1. The average molecular weight is 344 g/mol.